The minimum atomic E-state index is -0.183. The topological polar surface area (TPSA) is 17.1 Å². The molecule has 0 saturated heterocycles. The van der Waals surface area contributed by atoms with Crippen molar-refractivity contribution in [1.82, 2.24) is 0 Å². The molecule has 0 bridgehead atoms. The Hall–Kier alpha value is -0.370. The van der Waals surface area contributed by atoms with Crippen molar-refractivity contribution in [2.75, 3.05) is 0 Å². The SMILES string of the molecule is C=CC(C)CC(=O)[S]. The molecule has 0 aliphatic carbocycles. The summed E-state index contributed by atoms with van der Waals surface area (Å²) in [6.45, 7) is 5.43. The zero-order chi connectivity index (χ0) is 6.57. The van der Waals surface area contributed by atoms with Gasteiger partial charge in [0.15, 0.2) is 0 Å². The molecule has 0 spiro atoms. The molecule has 1 unspecified atom stereocenters. The lowest BCUT2D eigenvalue weighted by Crippen LogP contribution is -1.94. The van der Waals surface area contributed by atoms with Gasteiger partial charge in [-0.2, -0.15) is 0 Å². The summed E-state index contributed by atoms with van der Waals surface area (Å²) in [6.07, 6.45) is 2.17. The van der Waals surface area contributed by atoms with Gasteiger partial charge in [-0.05, 0) is 18.5 Å². The van der Waals surface area contributed by atoms with Crippen LogP contribution in [0.3, 0.4) is 0 Å². The first-order chi connectivity index (χ1) is 3.66. The molecule has 1 atom stereocenters. The molecule has 8 heavy (non-hydrogen) atoms. The van der Waals surface area contributed by atoms with Crippen LogP contribution in [0, 0.1) is 5.92 Å². The second-order valence-electron chi connectivity index (χ2n) is 1.79. The van der Waals surface area contributed by atoms with Crippen molar-refractivity contribution in [2.24, 2.45) is 5.92 Å². The molecule has 0 amide bonds. The standard InChI is InChI=1S/C6H9OS/c1-3-5(2)4-6(7)8/h3,5H,1,4H2,2H3. The van der Waals surface area contributed by atoms with Gasteiger partial charge >= 0.3 is 0 Å². The van der Waals surface area contributed by atoms with Gasteiger partial charge in [-0.1, -0.05) is 13.0 Å². The lowest BCUT2D eigenvalue weighted by molar-refractivity contribution is -0.111. The van der Waals surface area contributed by atoms with E-state index in [9.17, 15) is 4.79 Å². The molecule has 0 heterocycles. The summed E-state index contributed by atoms with van der Waals surface area (Å²) in [5.41, 5.74) is 0. The van der Waals surface area contributed by atoms with E-state index in [1.54, 1.807) is 6.08 Å². The fourth-order valence-corrected chi connectivity index (χ4v) is 0.609. The van der Waals surface area contributed by atoms with Crippen LogP contribution in [0.2, 0.25) is 0 Å². The second-order valence-corrected chi connectivity index (χ2v) is 2.24. The van der Waals surface area contributed by atoms with Crippen LogP contribution in [0.5, 0.6) is 0 Å². The van der Waals surface area contributed by atoms with Crippen LogP contribution in [0.4, 0.5) is 0 Å². The Bertz CT molecular complexity index is 98.7. The molecule has 45 valence electrons. The molecule has 0 aliphatic heterocycles. The van der Waals surface area contributed by atoms with Gasteiger partial charge in [0.25, 0.3) is 0 Å². The van der Waals surface area contributed by atoms with E-state index in [1.165, 1.54) is 0 Å². The van der Waals surface area contributed by atoms with Crippen molar-refractivity contribution in [3.63, 3.8) is 0 Å². The maximum atomic E-state index is 10.2. The minimum absolute atomic E-state index is 0.183. The van der Waals surface area contributed by atoms with Gasteiger partial charge in [-0.3, -0.25) is 4.79 Å². The Morgan fingerprint density at radius 2 is 2.50 bits per heavy atom. The Morgan fingerprint density at radius 1 is 2.00 bits per heavy atom. The second kappa shape index (κ2) is 3.61. The van der Waals surface area contributed by atoms with Crippen LogP contribution in [0.25, 0.3) is 0 Å². The van der Waals surface area contributed by atoms with E-state index < -0.39 is 0 Å². The van der Waals surface area contributed by atoms with Gasteiger partial charge in [-0.25, -0.2) is 0 Å². The summed E-state index contributed by atoms with van der Waals surface area (Å²) in [6, 6.07) is 0. The normalized spacial score (nSPS) is 12.6. The average molecular weight is 129 g/mol. The number of rotatable bonds is 3. The van der Waals surface area contributed by atoms with Gasteiger partial charge in [-0.15, -0.1) is 6.58 Å². The summed E-state index contributed by atoms with van der Waals surface area (Å²) in [4.78, 5) is 10.2. The molecule has 1 radical (unpaired) electrons. The fourth-order valence-electron chi connectivity index (χ4n) is 0.346. The molecule has 0 aromatic rings. The maximum Gasteiger partial charge on any atom is 0.219 e. The van der Waals surface area contributed by atoms with E-state index >= 15 is 0 Å². The highest BCUT2D eigenvalue weighted by atomic mass is 32.1. The number of carbonyl (C=O) groups is 1. The van der Waals surface area contributed by atoms with E-state index in [2.05, 4.69) is 19.2 Å². The molecule has 0 saturated carbocycles. The molecular formula is C6H9OS. The van der Waals surface area contributed by atoms with Crippen molar-refractivity contribution >= 4 is 17.7 Å². The molecular weight excluding hydrogens is 120 g/mol. The predicted octanol–water partition coefficient (Wildman–Crippen LogP) is 1.92. The Kier molecular flexibility index (Phi) is 3.44. The van der Waals surface area contributed by atoms with Crippen LogP contribution in [0.15, 0.2) is 12.7 Å². The minimum Gasteiger partial charge on any atom is -0.282 e. The van der Waals surface area contributed by atoms with E-state index in [1.807, 2.05) is 6.92 Å². The van der Waals surface area contributed by atoms with Crippen molar-refractivity contribution in [2.45, 2.75) is 13.3 Å². The molecule has 0 aromatic carbocycles. The summed E-state index contributed by atoms with van der Waals surface area (Å²) in [5, 5.41) is -0.183. The number of hydrogen-bond donors (Lipinski definition) is 0. The van der Waals surface area contributed by atoms with Crippen LogP contribution < -0.4 is 0 Å². The molecule has 0 N–H and O–H groups in total. The largest absolute Gasteiger partial charge is 0.282 e. The van der Waals surface area contributed by atoms with E-state index in [4.69, 9.17) is 0 Å². The van der Waals surface area contributed by atoms with Crippen molar-refractivity contribution < 1.29 is 4.79 Å². The molecule has 1 nitrogen and oxygen atoms in total. The average Bonchev–Trinajstić information content (AvgIpc) is 1.65. The highest BCUT2D eigenvalue weighted by Gasteiger charge is 2.00. The molecule has 0 fully saturated rings. The summed E-state index contributed by atoms with van der Waals surface area (Å²) in [5.74, 6) is 0.236. The van der Waals surface area contributed by atoms with Gasteiger partial charge in [0.2, 0.25) is 5.12 Å². The van der Waals surface area contributed by atoms with E-state index in [0.29, 0.717) is 6.42 Å². The predicted molar refractivity (Wildman–Crippen MR) is 36.6 cm³/mol. The van der Waals surface area contributed by atoms with E-state index in [-0.39, 0.29) is 11.0 Å². The van der Waals surface area contributed by atoms with Crippen LogP contribution >= 0.6 is 12.6 Å². The van der Waals surface area contributed by atoms with Crippen LogP contribution in [-0.2, 0) is 4.79 Å². The smallest absolute Gasteiger partial charge is 0.219 e. The van der Waals surface area contributed by atoms with Crippen LogP contribution in [-0.4, -0.2) is 5.12 Å². The lowest BCUT2D eigenvalue weighted by Gasteiger charge is -1.96. The first kappa shape index (κ1) is 7.63. The van der Waals surface area contributed by atoms with Crippen LogP contribution in [0.1, 0.15) is 13.3 Å². The van der Waals surface area contributed by atoms with Crippen molar-refractivity contribution in [1.29, 1.82) is 0 Å². The van der Waals surface area contributed by atoms with Gasteiger partial charge < -0.3 is 0 Å². The van der Waals surface area contributed by atoms with Crippen molar-refractivity contribution in [3.05, 3.63) is 12.7 Å². The Morgan fingerprint density at radius 3 is 2.62 bits per heavy atom. The molecule has 0 aromatic heterocycles. The van der Waals surface area contributed by atoms with Gasteiger partial charge in [0.05, 0.1) is 0 Å². The zero-order valence-electron chi connectivity index (χ0n) is 4.89. The van der Waals surface area contributed by atoms with Gasteiger partial charge in [0.1, 0.15) is 0 Å². The zero-order valence-corrected chi connectivity index (χ0v) is 5.70. The third-order valence-electron chi connectivity index (χ3n) is 0.891. The quantitative estimate of drug-likeness (QED) is 0.532. The molecule has 0 aliphatic rings. The first-order valence-corrected chi connectivity index (χ1v) is 2.90. The lowest BCUT2D eigenvalue weighted by atomic mass is 10.1. The Balaban J connectivity index is 3.38. The van der Waals surface area contributed by atoms with Crippen molar-refractivity contribution in [3.8, 4) is 0 Å². The van der Waals surface area contributed by atoms with E-state index in [0.717, 1.165) is 0 Å². The highest BCUT2D eigenvalue weighted by molar-refractivity contribution is 7.96. The summed E-state index contributed by atoms with van der Waals surface area (Å²) >= 11 is 4.33. The maximum absolute atomic E-state index is 10.2. The highest BCUT2D eigenvalue weighted by Crippen LogP contribution is 2.03. The number of hydrogen-bond acceptors (Lipinski definition) is 1. The monoisotopic (exact) mass is 129 g/mol. The fraction of sp³-hybridized carbons (Fsp3) is 0.500. The summed E-state index contributed by atoms with van der Waals surface area (Å²) in [7, 11) is 0. The number of carbonyl (C=O) groups excluding carboxylic acids is 1. The van der Waals surface area contributed by atoms with Gasteiger partial charge in [0, 0.05) is 6.42 Å². The Labute approximate surface area is 55.2 Å². The third kappa shape index (κ3) is 3.81. The molecule has 2 heteroatoms. The summed E-state index contributed by atoms with van der Waals surface area (Å²) < 4.78 is 0. The third-order valence-corrected chi connectivity index (χ3v) is 1.06. The first-order valence-electron chi connectivity index (χ1n) is 2.49. The number of allylic oxidation sites excluding steroid dienone is 1. The molecule has 0 rings (SSSR count).